The van der Waals surface area contributed by atoms with Crippen LogP contribution in [0.2, 0.25) is 0 Å². The van der Waals surface area contributed by atoms with Crippen LogP contribution >= 0.6 is 0 Å². The van der Waals surface area contributed by atoms with Crippen LogP contribution in [-0.2, 0) is 12.8 Å². The van der Waals surface area contributed by atoms with E-state index in [0.29, 0.717) is 17.2 Å². The van der Waals surface area contributed by atoms with E-state index in [1.54, 1.807) is 0 Å². The lowest BCUT2D eigenvalue weighted by molar-refractivity contribution is 0.0734. The van der Waals surface area contributed by atoms with Gasteiger partial charge in [-0.15, -0.1) is 0 Å². The lowest BCUT2D eigenvalue weighted by atomic mass is 9.78. The summed E-state index contributed by atoms with van der Waals surface area (Å²) in [5.41, 5.74) is 5.55. The Morgan fingerprint density at radius 1 is 0.744 bits per heavy atom. The zero-order chi connectivity index (χ0) is 27.5. The molecule has 39 heavy (non-hydrogen) atoms. The van der Waals surface area contributed by atoms with Gasteiger partial charge in [0.25, 0.3) is 0 Å². The molecule has 0 spiro atoms. The van der Waals surface area contributed by atoms with Crippen LogP contribution in [0.15, 0.2) is 72.8 Å². The first-order valence-electron chi connectivity index (χ1n) is 15.5. The van der Waals surface area contributed by atoms with Gasteiger partial charge in [0, 0.05) is 0 Å². The minimum atomic E-state index is -0.311. The molecule has 3 aromatic carbocycles. The van der Waals surface area contributed by atoms with E-state index >= 15 is 0 Å². The Kier molecular flexibility index (Phi) is 11.2. The fraction of sp³-hybridized carbons (Fsp3) is 0.486. The number of aryl methyl sites for hydroxylation is 1. The van der Waals surface area contributed by atoms with Crippen molar-refractivity contribution in [2.45, 2.75) is 97.8 Å². The Hall–Kier alpha value is -2.87. The quantitative estimate of drug-likeness (QED) is 0.126. The molecule has 4 rings (SSSR count). The molecule has 0 saturated heterocycles. The molecule has 1 aliphatic rings. The van der Waals surface area contributed by atoms with Crippen LogP contribution in [0.1, 0.15) is 106 Å². The molecule has 0 aliphatic heterocycles. The molecule has 0 amide bonds. The van der Waals surface area contributed by atoms with Gasteiger partial charge in [0.1, 0.15) is 5.75 Å². The van der Waals surface area contributed by atoms with Crippen molar-refractivity contribution in [3.63, 3.8) is 0 Å². The van der Waals surface area contributed by atoms with Crippen LogP contribution in [0.3, 0.4) is 0 Å². The standard InChI is InChI=1S/C37H48O2/c1-4-6-7-8-29-9-11-30(12-10-29)13-14-31-17-25-36(26-18-31)39-37(38)35-23-21-34(22-24-35)33-19-15-32(16-20-33)27-28(3)5-2/h15-26,28-30H,4-14,27H2,1-3H3/t28-,29-,30-/m0/s1. The first-order valence-corrected chi connectivity index (χ1v) is 15.5. The summed E-state index contributed by atoms with van der Waals surface area (Å²) in [6.07, 6.45) is 15.9. The number of hydrogen-bond acceptors (Lipinski definition) is 2. The molecule has 0 unspecified atom stereocenters. The summed E-state index contributed by atoms with van der Waals surface area (Å²) >= 11 is 0. The maximum absolute atomic E-state index is 12.7. The fourth-order valence-electron chi connectivity index (χ4n) is 5.93. The largest absolute Gasteiger partial charge is 0.423 e. The van der Waals surface area contributed by atoms with Crippen LogP contribution in [0.5, 0.6) is 5.75 Å². The molecule has 0 aromatic heterocycles. The van der Waals surface area contributed by atoms with Crippen molar-refractivity contribution in [1.82, 2.24) is 0 Å². The molecule has 1 atom stereocenters. The van der Waals surface area contributed by atoms with Gasteiger partial charge in [0.05, 0.1) is 5.56 Å². The van der Waals surface area contributed by atoms with E-state index in [0.717, 1.165) is 30.2 Å². The molecule has 208 valence electrons. The van der Waals surface area contributed by atoms with Gasteiger partial charge in [0.15, 0.2) is 0 Å². The van der Waals surface area contributed by atoms with Crippen LogP contribution in [0.4, 0.5) is 0 Å². The average Bonchev–Trinajstić information content (AvgIpc) is 2.98. The van der Waals surface area contributed by atoms with Crippen molar-refractivity contribution in [3.05, 3.63) is 89.5 Å². The summed E-state index contributed by atoms with van der Waals surface area (Å²) in [4.78, 5) is 12.7. The number of carbonyl (C=O) groups is 1. The third-order valence-corrected chi connectivity index (χ3v) is 8.85. The summed E-state index contributed by atoms with van der Waals surface area (Å²) < 4.78 is 5.67. The highest BCUT2D eigenvalue weighted by atomic mass is 16.5. The zero-order valence-corrected chi connectivity index (χ0v) is 24.5. The first kappa shape index (κ1) is 29.1. The normalized spacial score (nSPS) is 18.0. The van der Waals surface area contributed by atoms with Crippen molar-refractivity contribution in [1.29, 1.82) is 0 Å². The van der Waals surface area contributed by atoms with Gasteiger partial charge >= 0.3 is 5.97 Å². The Labute approximate surface area is 237 Å². The Balaban J connectivity index is 1.22. The van der Waals surface area contributed by atoms with Crippen LogP contribution < -0.4 is 4.74 Å². The zero-order valence-electron chi connectivity index (χ0n) is 24.5. The predicted molar refractivity (Wildman–Crippen MR) is 164 cm³/mol. The Morgan fingerprint density at radius 2 is 1.31 bits per heavy atom. The van der Waals surface area contributed by atoms with Crippen LogP contribution in [0, 0.1) is 17.8 Å². The minimum Gasteiger partial charge on any atom is -0.423 e. The van der Waals surface area contributed by atoms with E-state index in [1.807, 2.05) is 36.4 Å². The van der Waals surface area contributed by atoms with E-state index in [4.69, 9.17) is 4.74 Å². The minimum absolute atomic E-state index is 0.311. The van der Waals surface area contributed by atoms with E-state index in [1.165, 1.54) is 80.9 Å². The highest BCUT2D eigenvalue weighted by Gasteiger charge is 2.20. The van der Waals surface area contributed by atoms with E-state index in [2.05, 4.69) is 57.2 Å². The highest BCUT2D eigenvalue weighted by Crippen LogP contribution is 2.34. The lowest BCUT2D eigenvalue weighted by Crippen LogP contribution is -2.15. The topological polar surface area (TPSA) is 26.3 Å². The van der Waals surface area contributed by atoms with Crippen molar-refractivity contribution in [3.8, 4) is 16.9 Å². The fourth-order valence-corrected chi connectivity index (χ4v) is 5.93. The molecular formula is C37H48O2. The van der Waals surface area contributed by atoms with E-state index in [-0.39, 0.29) is 5.97 Å². The second kappa shape index (κ2) is 15.1. The summed E-state index contributed by atoms with van der Waals surface area (Å²) in [7, 11) is 0. The van der Waals surface area contributed by atoms with Gasteiger partial charge in [0.2, 0.25) is 0 Å². The number of unbranched alkanes of at least 4 members (excludes halogenated alkanes) is 2. The molecule has 2 nitrogen and oxygen atoms in total. The van der Waals surface area contributed by atoms with Crippen LogP contribution in [0.25, 0.3) is 11.1 Å². The number of hydrogen-bond donors (Lipinski definition) is 0. The van der Waals surface area contributed by atoms with Crippen molar-refractivity contribution in [2.75, 3.05) is 0 Å². The summed E-state index contributed by atoms with van der Waals surface area (Å²) in [6, 6.07) is 24.6. The average molecular weight is 525 g/mol. The second-order valence-corrected chi connectivity index (χ2v) is 11.9. The van der Waals surface area contributed by atoms with Gasteiger partial charge in [-0.2, -0.15) is 0 Å². The molecule has 0 radical (unpaired) electrons. The Bertz CT molecular complexity index is 1120. The van der Waals surface area contributed by atoms with E-state index < -0.39 is 0 Å². The first-order chi connectivity index (χ1) is 19.0. The number of ether oxygens (including phenoxy) is 1. The van der Waals surface area contributed by atoms with Gasteiger partial charge in [-0.25, -0.2) is 4.79 Å². The van der Waals surface area contributed by atoms with Crippen molar-refractivity contribution in [2.24, 2.45) is 17.8 Å². The summed E-state index contributed by atoms with van der Waals surface area (Å²) in [6.45, 7) is 6.82. The molecule has 0 N–H and O–H groups in total. The van der Waals surface area contributed by atoms with E-state index in [9.17, 15) is 4.79 Å². The molecule has 3 aromatic rings. The van der Waals surface area contributed by atoms with Gasteiger partial charge in [-0.3, -0.25) is 0 Å². The molecule has 1 fully saturated rings. The molecule has 0 heterocycles. The van der Waals surface area contributed by atoms with Gasteiger partial charge in [-0.1, -0.05) is 127 Å². The smallest absolute Gasteiger partial charge is 0.343 e. The molecule has 0 bridgehead atoms. The summed E-state index contributed by atoms with van der Waals surface area (Å²) in [5.74, 6) is 2.85. The Morgan fingerprint density at radius 3 is 1.90 bits per heavy atom. The molecule has 1 saturated carbocycles. The van der Waals surface area contributed by atoms with Crippen molar-refractivity contribution < 1.29 is 9.53 Å². The number of rotatable bonds is 13. The maximum atomic E-state index is 12.7. The van der Waals surface area contributed by atoms with Gasteiger partial charge in [-0.05, 0) is 83.5 Å². The molecule has 1 aliphatic carbocycles. The summed E-state index contributed by atoms with van der Waals surface area (Å²) in [5, 5.41) is 0. The predicted octanol–water partition coefficient (Wildman–Crippen LogP) is 10.5. The SMILES string of the molecule is CCCCC[C@H]1CC[C@H](CCc2ccc(OC(=O)c3ccc(-c4ccc(C[C@@H](C)CC)cc4)cc3)cc2)CC1. The maximum Gasteiger partial charge on any atom is 0.343 e. The highest BCUT2D eigenvalue weighted by molar-refractivity contribution is 5.91. The number of esters is 1. The number of benzene rings is 3. The van der Waals surface area contributed by atoms with Crippen LogP contribution in [-0.4, -0.2) is 5.97 Å². The third-order valence-electron chi connectivity index (χ3n) is 8.85. The third kappa shape index (κ3) is 9.09. The second-order valence-electron chi connectivity index (χ2n) is 11.9. The van der Waals surface area contributed by atoms with Crippen molar-refractivity contribution >= 4 is 5.97 Å². The monoisotopic (exact) mass is 524 g/mol. The lowest BCUT2D eigenvalue weighted by Gasteiger charge is -2.28. The van der Waals surface area contributed by atoms with Gasteiger partial charge < -0.3 is 4.74 Å². The molecule has 2 heteroatoms. The molecular weight excluding hydrogens is 476 g/mol. The number of carbonyl (C=O) groups excluding carboxylic acids is 1.